The minimum Gasteiger partial charge on any atom is -0.496 e. The Labute approximate surface area is 162 Å². The van der Waals surface area contributed by atoms with E-state index in [1.165, 1.54) is 6.07 Å². The highest BCUT2D eigenvalue weighted by molar-refractivity contribution is 5.75. The largest absolute Gasteiger partial charge is 0.496 e. The summed E-state index contributed by atoms with van der Waals surface area (Å²) in [5.74, 6) is 0.314. The third-order valence-corrected chi connectivity index (χ3v) is 4.90. The first-order valence-corrected chi connectivity index (χ1v) is 9.27. The molecular formula is C21H22FN5O. The molecule has 4 aromatic rings. The highest BCUT2D eigenvalue weighted by Crippen LogP contribution is 2.28. The van der Waals surface area contributed by atoms with E-state index in [1.807, 2.05) is 27.3 Å². The molecule has 144 valence electrons. The Morgan fingerprint density at radius 2 is 1.96 bits per heavy atom. The van der Waals surface area contributed by atoms with Gasteiger partial charge in [0.25, 0.3) is 0 Å². The molecule has 0 saturated carbocycles. The lowest BCUT2D eigenvalue weighted by molar-refractivity contribution is 0.404. The predicted molar refractivity (Wildman–Crippen MR) is 105 cm³/mol. The molecule has 6 nitrogen and oxygen atoms in total. The van der Waals surface area contributed by atoms with Crippen molar-refractivity contribution in [3.63, 3.8) is 0 Å². The predicted octanol–water partition coefficient (Wildman–Crippen LogP) is 4.11. The van der Waals surface area contributed by atoms with Gasteiger partial charge in [-0.15, -0.1) is 10.2 Å². The number of benzene rings is 1. The average Bonchev–Trinajstić information content (AvgIpc) is 3.36. The van der Waals surface area contributed by atoms with Crippen LogP contribution in [0.5, 0.6) is 5.75 Å². The highest BCUT2D eigenvalue weighted by Gasteiger charge is 2.16. The minimum absolute atomic E-state index is 0.237. The van der Waals surface area contributed by atoms with Gasteiger partial charge in [-0.05, 0) is 57.0 Å². The fourth-order valence-corrected chi connectivity index (χ4v) is 3.53. The lowest BCUT2D eigenvalue weighted by Gasteiger charge is -2.14. The lowest BCUT2D eigenvalue weighted by Crippen LogP contribution is -2.07. The van der Waals surface area contributed by atoms with Gasteiger partial charge in [0.2, 0.25) is 0 Å². The fraction of sp³-hybridized carbons (Fsp3) is 0.286. The molecule has 0 spiro atoms. The number of aromatic nitrogens is 5. The molecule has 0 aliphatic heterocycles. The van der Waals surface area contributed by atoms with E-state index in [0.717, 1.165) is 22.6 Å². The second kappa shape index (κ2) is 7.42. The van der Waals surface area contributed by atoms with Crippen LogP contribution in [0.25, 0.3) is 16.9 Å². The summed E-state index contributed by atoms with van der Waals surface area (Å²) in [6, 6.07) is 11.2. The number of ether oxygens (including phenoxy) is 1. The van der Waals surface area contributed by atoms with Crippen molar-refractivity contribution in [2.24, 2.45) is 0 Å². The number of halogens is 1. The number of fused-ring (bicyclic) bond motifs is 1. The molecule has 3 heterocycles. The van der Waals surface area contributed by atoms with Crippen LogP contribution < -0.4 is 4.74 Å². The third-order valence-electron chi connectivity index (χ3n) is 4.90. The van der Waals surface area contributed by atoms with Crippen molar-refractivity contribution in [2.45, 2.75) is 32.7 Å². The molecule has 0 atom stereocenters. The van der Waals surface area contributed by atoms with E-state index in [9.17, 15) is 4.39 Å². The van der Waals surface area contributed by atoms with Crippen molar-refractivity contribution in [1.29, 1.82) is 0 Å². The number of hydrogen-bond donors (Lipinski definition) is 0. The van der Waals surface area contributed by atoms with Crippen LogP contribution in [-0.2, 0) is 12.8 Å². The molecule has 0 amide bonds. The average molecular weight is 379 g/mol. The van der Waals surface area contributed by atoms with Crippen molar-refractivity contribution in [2.75, 3.05) is 7.11 Å². The molecule has 0 fully saturated rings. The molecule has 1 aromatic carbocycles. The molecule has 4 rings (SSSR count). The Hall–Kier alpha value is -3.22. The van der Waals surface area contributed by atoms with Crippen LogP contribution >= 0.6 is 0 Å². The van der Waals surface area contributed by atoms with Gasteiger partial charge in [-0.3, -0.25) is 9.08 Å². The number of nitrogens with zero attached hydrogens (tertiary/aromatic N) is 5. The normalized spacial score (nSPS) is 11.5. The number of pyridine rings is 1. The SMILES string of the molecule is COc1cccc(F)c1CCc1ccc(-c2ccnn2C(C)C)c2nncn12. The van der Waals surface area contributed by atoms with Crippen LogP contribution in [0.2, 0.25) is 0 Å². The van der Waals surface area contributed by atoms with E-state index in [2.05, 4.69) is 29.1 Å². The van der Waals surface area contributed by atoms with Crippen molar-refractivity contribution in [1.82, 2.24) is 24.4 Å². The zero-order chi connectivity index (χ0) is 19.7. The van der Waals surface area contributed by atoms with Crippen molar-refractivity contribution in [3.05, 3.63) is 66.0 Å². The van der Waals surface area contributed by atoms with Crippen LogP contribution in [-0.4, -0.2) is 31.5 Å². The summed E-state index contributed by atoms with van der Waals surface area (Å²) in [4.78, 5) is 0. The molecule has 28 heavy (non-hydrogen) atoms. The number of methoxy groups -OCH3 is 1. The van der Waals surface area contributed by atoms with Crippen LogP contribution in [0.3, 0.4) is 0 Å². The Morgan fingerprint density at radius 1 is 1.11 bits per heavy atom. The van der Waals surface area contributed by atoms with Gasteiger partial charge in [-0.1, -0.05) is 6.07 Å². The Bertz CT molecular complexity index is 1120. The second-order valence-electron chi connectivity index (χ2n) is 6.94. The van der Waals surface area contributed by atoms with E-state index < -0.39 is 0 Å². The summed E-state index contributed by atoms with van der Waals surface area (Å²) in [7, 11) is 1.56. The zero-order valence-corrected chi connectivity index (χ0v) is 16.1. The maximum absolute atomic E-state index is 14.2. The van der Waals surface area contributed by atoms with Crippen LogP contribution in [0.1, 0.15) is 31.1 Å². The van der Waals surface area contributed by atoms with Gasteiger partial charge in [0.05, 0.1) is 12.8 Å². The Morgan fingerprint density at radius 3 is 2.75 bits per heavy atom. The first kappa shape index (κ1) is 18.2. The van der Waals surface area contributed by atoms with Gasteiger partial charge >= 0.3 is 0 Å². The topological polar surface area (TPSA) is 57.2 Å². The summed E-state index contributed by atoms with van der Waals surface area (Å²) >= 11 is 0. The molecule has 0 unspecified atom stereocenters. The molecular weight excluding hydrogens is 357 g/mol. The quantitative estimate of drug-likeness (QED) is 0.506. The van der Waals surface area contributed by atoms with Crippen molar-refractivity contribution < 1.29 is 9.13 Å². The van der Waals surface area contributed by atoms with Gasteiger partial charge in [-0.25, -0.2) is 4.39 Å². The van der Waals surface area contributed by atoms with Gasteiger partial charge in [-0.2, -0.15) is 5.10 Å². The minimum atomic E-state index is -0.253. The zero-order valence-electron chi connectivity index (χ0n) is 16.1. The van der Waals surface area contributed by atoms with E-state index in [1.54, 1.807) is 31.8 Å². The van der Waals surface area contributed by atoms with E-state index in [-0.39, 0.29) is 11.9 Å². The molecule has 0 bridgehead atoms. The van der Waals surface area contributed by atoms with Crippen LogP contribution in [0, 0.1) is 5.82 Å². The van der Waals surface area contributed by atoms with Crippen molar-refractivity contribution in [3.8, 4) is 17.0 Å². The first-order chi connectivity index (χ1) is 13.6. The standard InChI is InChI=1S/C21H22FN5O/c1-14(2)27-19(11-12-24-27)17-10-8-15(26-13-23-25-21(17)26)7-9-16-18(22)5-4-6-20(16)28-3/h4-6,8,10-14H,7,9H2,1-3H3. The second-order valence-corrected chi connectivity index (χ2v) is 6.94. The number of rotatable bonds is 6. The highest BCUT2D eigenvalue weighted by atomic mass is 19.1. The molecule has 0 saturated heterocycles. The molecule has 0 aliphatic rings. The fourth-order valence-electron chi connectivity index (χ4n) is 3.53. The third kappa shape index (κ3) is 3.13. The van der Waals surface area contributed by atoms with E-state index in [0.29, 0.717) is 24.2 Å². The molecule has 7 heteroatoms. The summed E-state index contributed by atoms with van der Waals surface area (Å²) in [6.07, 6.45) is 4.64. The number of hydrogen-bond acceptors (Lipinski definition) is 4. The summed E-state index contributed by atoms with van der Waals surface area (Å²) in [5.41, 5.74) is 4.31. The molecule has 0 radical (unpaired) electrons. The monoisotopic (exact) mass is 379 g/mol. The smallest absolute Gasteiger partial charge is 0.170 e. The first-order valence-electron chi connectivity index (χ1n) is 9.27. The van der Waals surface area contributed by atoms with E-state index >= 15 is 0 Å². The summed E-state index contributed by atoms with van der Waals surface area (Å²) < 4.78 is 23.5. The van der Waals surface area contributed by atoms with Crippen LogP contribution in [0.15, 0.2) is 48.9 Å². The van der Waals surface area contributed by atoms with Gasteiger partial charge in [0.15, 0.2) is 5.65 Å². The van der Waals surface area contributed by atoms with Gasteiger partial charge in [0.1, 0.15) is 17.9 Å². The van der Waals surface area contributed by atoms with Crippen molar-refractivity contribution >= 4 is 5.65 Å². The molecule has 3 aromatic heterocycles. The van der Waals surface area contributed by atoms with Crippen LogP contribution in [0.4, 0.5) is 4.39 Å². The van der Waals surface area contributed by atoms with E-state index in [4.69, 9.17) is 4.74 Å². The summed E-state index contributed by atoms with van der Waals surface area (Å²) in [5, 5.41) is 12.8. The Balaban J connectivity index is 1.70. The lowest BCUT2D eigenvalue weighted by atomic mass is 10.0. The maximum atomic E-state index is 14.2. The maximum Gasteiger partial charge on any atom is 0.170 e. The number of aryl methyl sites for hydroxylation is 1. The van der Waals surface area contributed by atoms with Gasteiger partial charge in [0, 0.05) is 29.1 Å². The molecule has 0 aliphatic carbocycles. The molecule has 0 N–H and O–H groups in total. The van der Waals surface area contributed by atoms with Gasteiger partial charge < -0.3 is 4.74 Å². The Kier molecular flexibility index (Phi) is 4.81. The summed E-state index contributed by atoms with van der Waals surface area (Å²) in [6.45, 7) is 4.18.